The molecule has 0 unspecified atom stereocenters. The average Bonchev–Trinajstić information content (AvgIpc) is 2.48. The van der Waals surface area contributed by atoms with Gasteiger partial charge in [-0.2, -0.15) is 0 Å². The first kappa shape index (κ1) is 15.0. The largest absolute Gasteiger partial charge is 0.456 e. The topological polar surface area (TPSA) is 69.4 Å². The summed E-state index contributed by atoms with van der Waals surface area (Å²) in [5, 5.41) is 10.8. The number of nitro groups is 1. The Hall–Kier alpha value is -2.40. The lowest BCUT2D eigenvalue weighted by Gasteiger charge is -2.08. The van der Waals surface area contributed by atoms with Crippen LogP contribution in [0.4, 0.5) is 5.69 Å². The van der Waals surface area contributed by atoms with Gasteiger partial charge in [0.05, 0.1) is 9.95 Å². The first-order chi connectivity index (χ1) is 10.0. The van der Waals surface area contributed by atoms with Crippen LogP contribution in [-0.4, -0.2) is 10.7 Å². The first-order valence-corrected chi connectivity index (χ1v) is 6.64. The highest BCUT2D eigenvalue weighted by Crippen LogP contribution is 2.32. The van der Waals surface area contributed by atoms with Crippen molar-refractivity contribution in [2.75, 3.05) is 0 Å². The number of nitrogens with zero attached hydrogens (tertiary/aromatic N) is 1. The number of benzene rings is 2. The van der Waals surface area contributed by atoms with Crippen molar-refractivity contribution in [3.63, 3.8) is 0 Å². The molecule has 0 aromatic heterocycles. The number of nitro benzene ring substituents is 1. The number of ether oxygens (including phenoxy) is 1. The molecule has 108 valence electrons. The fourth-order valence-electron chi connectivity index (χ4n) is 1.75. The van der Waals surface area contributed by atoms with Gasteiger partial charge in [0.2, 0.25) is 0 Å². The van der Waals surface area contributed by atoms with Gasteiger partial charge in [0.25, 0.3) is 5.69 Å². The average molecular weight is 306 g/mol. The molecule has 0 spiro atoms. The first-order valence-electron chi connectivity index (χ1n) is 6.26. The number of hydrogen-bond acceptors (Lipinski definition) is 4. The van der Waals surface area contributed by atoms with Gasteiger partial charge in [0.15, 0.2) is 5.78 Å². The summed E-state index contributed by atoms with van der Waals surface area (Å²) in [6.45, 7) is 1.78. The van der Waals surface area contributed by atoms with Crippen LogP contribution in [0.25, 0.3) is 0 Å². The Morgan fingerprint density at radius 2 is 2.05 bits per heavy atom. The number of carbonyl (C=O) groups excluding carboxylic acids is 1. The van der Waals surface area contributed by atoms with E-state index < -0.39 is 4.92 Å². The SMILES string of the molecule is CCC(=O)c1cccc(Oc2ccc([N+](=O)[O-])cc2Cl)c1. The van der Waals surface area contributed by atoms with Crippen LogP contribution in [0.2, 0.25) is 5.02 Å². The Labute approximate surface area is 126 Å². The maximum Gasteiger partial charge on any atom is 0.271 e. The molecule has 2 rings (SSSR count). The second kappa shape index (κ2) is 6.37. The monoisotopic (exact) mass is 305 g/mol. The van der Waals surface area contributed by atoms with Crippen molar-refractivity contribution in [3.05, 3.63) is 63.2 Å². The number of hydrogen-bond donors (Lipinski definition) is 0. The molecule has 21 heavy (non-hydrogen) atoms. The lowest BCUT2D eigenvalue weighted by Crippen LogP contribution is -1.96. The summed E-state index contributed by atoms with van der Waals surface area (Å²) in [5.74, 6) is 0.753. The molecule has 0 bridgehead atoms. The van der Waals surface area contributed by atoms with Gasteiger partial charge in [-0.1, -0.05) is 30.7 Å². The molecule has 0 N–H and O–H groups in total. The van der Waals surface area contributed by atoms with Gasteiger partial charge in [0.1, 0.15) is 11.5 Å². The highest BCUT2D eigenvalue weighted by Gasteiger charge is 2.11. The molecule has 0 amide bonds. The summed E-state index contributed by atoms with van der Waals surface area (Å²) < 4.78 is 5.57. The molecule has 0 atom stereocenters. The van der Waals surface area contributed by atoms with Crippen LogP contribution in [0, 0.1) is 10.1 Å². The molecule has 5 nitrogen and oxygen atoms in total. The van der Waals surface area contributed by atoms with Gasteiger partial charge in [-0.3, -0.25) is 14.9 Å². The Morgan fingerprint density at radius 3 is 2.67 bits per heavy atom. The van der Waals surface area contributed by atoms with Crippen molar-refractivity contribution in [2.45, 2.75) is 13.3 Å². The third-order valence-corrected chi connectivity index (χ3v) is 3.13. The number of halogens is 1. The van der Waals surface area contributed by atoms with E-state index in [2.05, 4.69) is 0 Å². The van der Waals surface area contributed by atoms with Gasteiger partial charge < -0.3 is 4.74 Å². The molecule has 0 aliphatic rings. The molecular weight excluding hydrogens is 294 g/mol. The summed E-state index contributed by atoms with van der Waals surface area (Å²) in [6.07, 6.45) is 0.405. The zero-order valence-corrected chi connectivity index (χ0v) is 12.0. The minimum atomic E-state index is -0.532. The van der Waals surface area contributed by atoms with Crippen LogP contribution in [0.15, 0.2) is 42.5 Å². The van der Waals surface area contributed by atoms with E-state index in [0.29, 0.717) is 23.5 Å². The Kier molecular flexibility index (Phi) is 4.55. The zero-order valence-electron chi connectivity index (χ0n) is 11.2. The predicted molar refractivity (Wildman–Crippen MR) is 79.2 cm³/mol. The summed E-state index contributed by atoms with van der Waals surface area (Å²) in [4.78, 5) is 21.8. The van der Waals surface area contributed by atoms with Gasteiger partial charge in [-0.25, -0.2) is 0 Å². The van der Waals surface area contributed by atoms with Gasteiger partial charge in [0, 0.05) is 24.1 Å². The van der Waals surface area contributed by atoms with E-state index in [-0.39, 0.29) is 16.5 Å². The van der Waals surface area contributed by atoms with Crippen molar-refractivity contribution in [2.24, 2.45) is 0 Å². The van der Waals surface area contributed by atoms with Crippen LogP contribution in [0.3, 0.4) is 0 Å². The molecule has 0 radical (unpaired) electrons. The highest BCUT2D eigenvalue weighted by atomic mass is 35.5. The molecule has 0 aliphatic heterocycles. The smallest absolute Gasteiger partial charge is 0.271 e. The quantitative estimate of drug-likeness (QED) is 0.458. The number of non-ortho nitro benzene ring substituents is 1. The molecule has 2 aromatic carbocycles. The van der Waals surface area contributed by atoms with E-state index in [4.69, 9.17) is 16.3 Å². The van der Waals surface area contributed by atoms with Crippen molar-refractivity contribution in [3.8, 4) is 11.5 Å². The van der Waals surface area contributed by atoms with Crippen molar-refractivity contribution in [1.29, 1.82) is 0 Å². The second-order valence-electron chi connectivity index (χ2n) is 4.28. The second-order valence-corrected chi connectivity index (χ2v) is 4.69. The lowest BCUT2D eigenvalue weighted by atomic mass is 10.1. The third-order valence-electron chi connectivity index (χ3n) is 2.83. The van der Waals surface area contributed by atoms with E-state index in [0.717, 1.165) is 0 Å². The molecule has 0 aliphatic carbocycles. The molecule has 0 heterocycles. The maximum atomic E-state index is 11.6. The van der Waals surface area contributed by atoms with Crippen LogP contribution >= 0.6 is 11.6 Å². The minimum Gasteiger partial charge on any atom is -0.456 e. The fourth-order valence-corrected chi connectivity index (χ4v) is 1.96. The zero-order chi connectivity index (χ0) is 15.4. The van der Waals surface area contributed by atoms with Gasteiger partial charge in [-0.15, -0.1) is 0 Å². The standard InChI is InChI=1S/C15H12ClNO4/c1-2-14(18)10-4-3-5-12(8-10)21-15-7-6-11(17(19)20)9-13(15)16/h3-9H,2H2,1H3. The molecule has 0 saturated carbocycles. The van der Waals surface area contributed by atoms with E-state index in [1.165, 1.54) is 18.2 Å². The van der Waals surface area contributed by atoms with Crippen LogP contribution < -0.4 is 4.74 Å². The number of rotatable bonds is 5. The minimum absolute atomic E-state index is 0.00949. The highest BCUT2D eigenvalue weighted by molar-refractivity contribution is 6.32. The van der Waals surface area contributed by atoms with E-state index >= 15 is 0 Å². The van der Waals surface area contributed by atoms with Crippen molar-refractivity contribution in [1.82, 2.24) is 0 Å². The van der Waals surface area contributed by atoms with Gasteiger partial charge in [-0.05, 0) is 18.2 Å². The van der Waals surface area contributed by atoms with E-state index in [9.17, 15) is 14.9 Å². The Bertz CT molecular complexity index is 700. The Balaban J connectivity index is 2.26. The third kappa shape index (κ3) is 3.58. The van der Waals surface area contributed by atoms with Crippen LogP contribution in [0.1, 0.15) is 23.7 Å². The number of carbonyl (C=O) groups is 1. The maximum absolute atomic E-state index is 11.6. The number of ketones is 1. The van der Waals surface area contributed by atoms with Gasteiger partial charge >= 0.3 is 0 Å². The molecule has 2 aromatic rings. The lowest BCUT2D eigenvalue weighted by molar-refractivity contribution is -0.384. The summed E-state index contributed by atoms with van der Waals surface area (Å²) in [5.41, 5.74) is 0.440. The normalized spacial score (nSPS) is 10.2. The molecular formula is C15H12ClNO4. The summed E-state index contributed by atoms with van der Waals surface area (Å²) in [7, 11) is 0. The molecule has 0 fully saturated rings. The molecule has 6 heteroatoms. The fraction of sp³-hybridized carbons (Fsp3) is 0.133. The van der Waals surface area contributed by atoms with Crippen molar-refractivity contribution >= 4 is 23.1 Å². The van der Waals surface area contributed by atoms with E-state index in [1.54, 1.807) is 31.2 Å². The summed E-state index contributed by atoms with van der Waals surface area (Å²) >= 11 is 5.96. The van der Waals surface area contributed by atoms with Crippen LogP contribution in [0.5, 0.6) is 11.5 Å². The summed E-state index contributed by atoms with van der Waals surface area (Å²) in [6, 6.07) is 10.7. The van der Waals surface area contributed by atoms with E-state index in [1.807, 2.05) is 0 Å². The predicted octanol–water partition coefficient (Wildman–Crippen LogP) is 4.63. The Morgan fingerprint density at radius 1 is 1.29 bits per heavy atom. The van der Waals surface area contributed by atoms with Crippen molar-refractivity contribution < 1.29 is 14.5 Å². The van der Waals surface area contributed by atoms with Crippen LogP contribution in [-0.2, 0) is 0 Å². The number of Topliss-reactive ketones (excluding diaryl/α,β-unsaturated/α-hetero) is 1. The molecule has 0 saturated heterocycles.